The summed E-state index contributed by atoms with van der Waals surface area (Å²) < 4.78 is 35.6. The number of carbonyl (C=O) groups excluding carboxylic acids is 1. The minimum atomic E-state index is -4.92. The first-order chi connectivity index (χ1) is 6.93. The summed E-state index contributed by atoms with van der Waals surface area (Å²) in [6.07, 6.45) is -4.92. The van der Waals surface area contributed by atoms with Crippen molar-refractivity contribution in [3.63, 3.8) is 0 Å². The quantitative estimate of drug-likeness (QED) is 0.780. The first kappa shape index (κ1) is 11.4. The maximum Gasteiger partial charge on any atom is 0.471 e. The van der Waals surface area contributed by atoms with Gasteiger partial charge in [0.15, 0.2) is 0 Å². The highest BCUT2D eigenvalue weighted by molar-refractivity contribution is 5.94. The number of pyridine rings is 1. The van der Waals surface area contributed by atoms with Crippen molar-refractivity contribution in [3.05, 3.63) is 23.9 Å². The molecular formula is C8H8F3N3O. The molecule has 1 heterocycles. The largest absolute Gasteiger partial charge is 0.471 e. The molecule has 0 aliphatic heterocycles. The van der Waals surface area contributed by atoms with Crippen LogP contribution in [0.5, 0.6) is 0 Å². The molecule has 0 aliphatic carbocycles. The number of amides is 1. The Morgan fingerprint density at radius 1 is 1.47 bits per heavy atom. The normalized spacial score (nSPS) is 11.2. The lowest BCUT2D eigenvalue weighted by atomic mass is 10.3. The molecule has 0 saturated carbocycles. The molecule has 0 unspecified atom stereocenters. The maximum absolute atomic E-state index is 11.9. The van der Waals surface area contributed by atoms with E-state index in [1.165, 1.54) is 12.1 Å². The van der Waals surface area contributed by atoms with Crippen LogP contribution in [0, 0.1) is 0 Å². The fraction of sp³-hybridized carbons (Fsp3) is 0.250. The molecule has 0 saturated heterocycles. The number of rotatable bonds is 2. The monoisotopic (exact) mass is 219 g/mol. The summed E-state index contributed by atoms with van der Waals surface area (Å²) in [6.45, 7) is 0.0930. The van der Waals surface area contributed by atoms with E-state index in [0.29, 0.717) is 5.69 Å². The Hall–Kier alpha value is -1.63. The van der Waals surface area contributed by atoms with Crippen LogP contribution in [0.25, 0.3) is 0 Å². The molecule has 0 radical (unpaired) electrons. The van der Waals surface area contributed by atoms with Gasteiger partial charge in [-0.1, -0.05) is 6.07 Å². The van der Waals surface area contributed by atoms with Crippen LogP contribution in [0.4, 0.5) is 19.0 Å². The van der Waals surface area contributed by atoms with Gasteiger partial charge in [0.25, 0.3) is 0 Å². The average Bonchev–Trinajstić information content (AvgIpc) is 2.16. The summed E-state index contributed by atoms with van der Waals surface area (Å²) in [7, 11) is 0. The standard InChI is InChI=1S/C8H8F3N3O/c9-8(10,11)7(15)14-6-3-1-2-5(4-12)13-6/h1-3H,4,12H2,(H,13,14,15). The Bertz CT molecular complexity index is 364. The van der Waals surface area contributed by atoms with Crippen molar-refractivity contribution in [2.45, 2.75) is 12.7 Å². The predicted octanol–water partition coefficient (Wildman–Crippen LogP) is 1.04. The van der Waals surface area contributed by atoms with Gasteiger partial charge in [-0.05, 0) is 12.1 Å². The lowest BCUT2D eigenvalue weighted by molar-refractivity contribution is -0.167. The van der Waals surface area contributed by atoms with Gasteiger partial charge in [-0.25, -0.2) is 4.98 Å². The predicted molar refractivity (Wildman–Crippen MR) is 46.8 cm³/mol. The molecular weight excluding hydrogens is 211 g/mol. The number of carbonyl (C=O) groups is 1. The zero-order chi connectivity index (χ0) is 11.5. The number of halogens is 3. The van der Waals surface area contributed by atoms with Gasteiger partial charge in [0.1, 0.15) is 5.82 Å². The molecule has 0 atom stereocenters. The molecule has 0 aromatic carbocycles. The number of hydrogen-bond acceptors (Lipinski definition) is 3. The van der Waals surface area contributed by atoms with Crippen LogP contribution in [0.2, 0.25) is 0 Å². The second-order valence-electron chi connectivity index (χ2n) is 2.67. The Morgan fingerprint density at radius 3 is 2.67 bits per heavy atom. The van der Waals surface area contributed by atoms with Gasteiger partial charge < -0.3 is 11.1 Å². The third-order valence-electron chi connectivity index (χ3n) is 1.51. The van der Waals surface area contributed by atoms with E-state index in [0.717, 1.165) is 0 Å². The second-order valence-corrected chi connectivity index (χ2v) is 2.67. The number of nitrogens with zero attached hydrogens (tertiary/aromatic N) is 1. The molecule has 1 rings (SSSR count). The van der Waals surface area contributed by atoms with Crippen molar-refractivity contribution in [2.75, 3.05) is 5.32 Å². The lowest BCUT2D eigenvalue weighted by Gasteiger charge is -2.07. The number of anilines is 1. The highest BCUT2D eigenvalue weighted by Gasteiger charge is 2.38. The lowest BCUT2D eigenvalue weighted by Crippen LogP contribution is -2.30. The van der Waals surface area contributed by atoms with Crippen molar-refractivity contribution in [2.24, 2.45) is 5.73 Å². The molecule has 1 aromatic heterocycles. The van der Waals surface area contributed by atoms with E-state index >= 15 is 0 Å². The highest BCUT2D eigenvalue weighted by Crippen LogP contribution is 2.17. The number of hydrogen-bond donors (Lipinski definition) is 2. The number of nitrogens with one attached hydrogen (secondary N) is 1. The van der Waals surface area contributed by atoms with E-state index in [9.17, 15) is 18.0 Å². The third kappa shape index (κ3) is 3.21. The fourth-order valence-electron chi connectivity index (χ4n) is 0.850. The average molecular weight is 219 g/mol. The van der Waals surface area contributed by atoms with E-state index in [-0.39, 0.29) is 12.4 Å². The molecule has 0 fully saturated rings. The minimum Gasteiger partial charge on any atom is -0.325 e. The van der Waals surface area contributed by atoms with E-state index in [1.54, 1.807) is 11.4 Å². The Labute approximate surface area is 83.3 Å². The smallest absolute Gasteiger partial charge is 0.325 e. The van der Waals surface area contributed by atoms with Crippen LogP contribution in [0.15, 0.2) is 18.2 Å². The van der Waals surface area contributed by atoms with Crippen molar-refractivity contribution in [3.8, 4) is 0 Å². The highest BCUT2D eigenvalue weighted by atomic mass is 19.4. The summed E-state index contributed by atoms with van der Waals surface area (Å²) in [4.78, 5) is 14.2. The minimum absolute atomic E-state index is 0.0930. The molecule has 0 spiro atoms. The molecule has 3 N–H and O–H groups in total. The molecule has 0 bridgehead atoms. The Morgan fingerprint density at radius 2 is 2.13 bits per heavy atom. The topological polar surface area (TPSA) is 68.0 Å². The van der Waals surface area contributed by atoms with Gasteiger partial charge in [-0.15, -0.1) is 0 Å². The van der Waals surface area contributed by atoms with Crippen LogP contribution in [-0.2, 0) is 11.3 Å². The van der Waals surface area contributed by atoms with Gasteiger partial charge in [0.05, 0.1) is 5.69 Å². The number of alkyl halides is 3. The number of nitrogens with two attached hydrogens (primary N) is 1. The molecule has 1 amide bonds. The molecule has 4 nitrogen and oxygen atoms in total. The van der Waals surface area contributed by atoms with Gasteiger partial charge in [0.2, 0.25) is 0 Å². The van der Waals surface area contributed by atoms with Crippen molar-refractivity contribution in [1.29, 1.82) is 0 Å². The maximum atomic E-state index is 11.9. The van der Waals surface area contributed by atoms with E-state index in [1.807, 2.05) is 0 Å². The molecule has 0 aliphatic rings. The van der Waals surface area contributed by atoms with Crippen LogP contribution in [-0.4, -0.2) is 17.1 Å². The van der Waals surface area contributed by atoms with Crippen LogP contribution >= 0.6 is 0 Å². The summed E-state index contributed by atoms with van der Waals surface area (Å²) in [5.74, 6) is -2.22. The van der Waals surface area contributed by atoms with Crippen LogP contribution in [0.3, 0.4) is 0 Å². The van der Waals surface area contributed by atoms with E-state index in [2.05, 4.69) is 4.98 Å². The molecule has 1 aromatic rings. The zero-order valence-electron chi connectivity index (χ0n) is 7.51. The first-order valence-electron chi connectivity index (χ1n) is 3.97. The molecule has 15 heavy (non-hydrogen) atoms. The summed E-state index contributed by atoms with van der Waals surface area (Å²) in [5, 5.41) is 1.63. The van der Waals surface area contributed by atoms with Crippen molar-refractivity contribution >= 4 is 11.7 Å². The summed E-state index contributed by atoms with van der Waals surface area (Å²) in [5.41, 5.74) is 5.64. The zero-order valence-corrected chi connectivity index (χ0v) is 7.51. The fourth-order valence-corrected chi connectivity index (χ4v) is 0.850. The molecule has 82 valence electrons. The number of aromatic nitrogens is 1. The van der Waals surface area contributed by atoms with Crippen molar-refractivity contribution in [1.82, 2.24) is 4.98 Å². The Kier molecular flexibility index (Phi) is 3.25. The third-order valence-corrected chi connectivity index (χ3v) is 1.51. The van der Waals surface area contributed by atoms with Crippen LogP contribution in [0.1, 0.15) is 5.69 Å². The van der Waals surface area contributed by atoms with Gasteiger partial charge in [-0.2, -0.15) is 13.2 Å². The second kappa shape index (κ2) is 4.26. The Balaban J connectivity index is 2.77. The first-order valence-corrected chi connectivity index (χ1v) is 3.97. The molecule has 7 heteroatoms. The van der Waals surface area contributed by atoms with E-state index in [4.69, 9.17) is 5.73 Å². The summed E-state index contributed by atoms with van der Waals surface area (Å²) in [6, 6.07) is 4.26. The van der Waals surface area contributed by atoms with Gasteiger partial charge in [-0.3, -0.25) is 4.79 Å². The van der Waals surface area contributed by atoms with E-state index < -0.39 is 12.1 Å². The summed E-state index contributed by atoms with van der Waals surface area (Å²) >= 11 is 0. The van der Waals surface area contributed by atoms with Crippen molar-refractivity contribution < 1.29 is 18.0 Å². The SMILES string of the molecule is NCc1cccc(NC(=O)C(F)(F)F)n1. The van der Waals surface area contributed by atoms with Gasteiger partial charge in [0, 0.05) is 6.54 Å². The van der Waals surface area contributed by atoms with Crippen LogP contribution < -0.4 is 11.1 Å². The van der Waals surface area contributed by atoms with Gasteiger partial charge >= 0.3 is 12.1 Å².